The summed E-state index contributed by atoms with van der Waals surface area (Å²) in [4.78, 5) is 0. The third-order valence-electron chi connectivity index (χ3n) is 3.47. The van der Waals surface area contributed by atoms with Gasteiger partial charge in [0.1, 0.15) is 8.96 Å². The molecule has 1 unspecified atom stereocenters. The van der Waals surface area contributed by atoms with E-state index in [1.54, 1.807) is 0 Å². The highest BCUT2D eigenvalue weighted by Gasteiger charge is 2.14. The smallest absolute Gasteiger partial charge is 0.135 e. The first-order valence-corrected chi connectivity index (χ1v) is 11.3. The second kappa shape index (κ2) is 19.9. The SMILES string of the molecule is C=C[SiH](CCCC)N(CCC)CCC.CCCNCCC. The van der Waals surface area contributed by atoms with Crippen LogP contribution in [0.1, 0.15) is 73.1 Å². The molecule has 0 fully saturated rings. The lowest BCUT2D eigenvalue weighted by Gasteiger charge is -2.27. The first kappa shape index (κ1) is 23.1. The first-order chi connectivity index (χ1) is 10.2. The monoisotopic (exact) mass is 314 g/mol. The van der Waals surface area contributed by atoms with Crippen LogP contribution in [-0.2, 0) is 0 Å². The van der Waals surface area contributed by atoms with Crippen LogP contribution >= 0.6 is 0 Å². The van der Waals surface area contributed by atoms with Crippen LogP contribution in [0.3, 0.4) is 0 Å². The summed E-state index contributed by atoms with van der Waals surface area (Å²) in [6, 6.07) is 1.42. The highest BCUT2D eigenvalue weighted by Crippen LogP contribution is 2.08. The van der Waals surface area contributed by atoms with E-state index in [9.17, 15) is 0 Å². The van der Waals surface area contributed by atoms with Crippen LogP contribution in [0.2, 0.25) is 6.04 Å². The number of hydrogen-bond acceptors (Lipinski definition) is 2. The van der Waals surface area contributed by atoms with E-state index in [1.807, 2.05) is 0 Å². The van der Waals surface area contributed by atoms with Gasteiger partial charge in [0, 0.05) is 0 Å². The van der Waals surface area contributed by atoms with Gasteiger partial charge in [-0.3, -0.25) is 0 Å². The third-order valence-corrected chi connectivity index (χ3v) is 6.47. The van der Waals surface area contributed by atoms with Crippen molar-refractivity contribution in [2.24, 2.45) is 0 Å². The van der Waals surface area contributed by atoms with Crippen molar-refractivity contribution >= 4 is 8.96 Å². The molecule has 0 heterocycles. The number of nitrogens with one attached hydrogen (secondary N) is 1. The molecule has 0 aliphatic carbocycles. The maximum atomic E-state index is 4.02. The predicted molar refractivity (Wildman–Crippen MR) is 103 cm³/mol. The maximum Gasteiger partial charge on any atom is 0.135 e. The molecule has 3 heteroatoms. The quantitative estimate of drug-likeness (QED) is 0.390. The van der Waals surface area contributed by atoms with Gasteiger partial charge in [0.05, 0.1) is 0 Å². The predicted octanol–water partition coefficient (Wildman–Crippen LogP) is 4.75. The molecule has 0 aromatic rings. The molecule has 1 N–H and O–H groups in total. The fourth-order valence-corrected chi connectivity index (χ4v) is 5.26. The number of nitrogens with zero attached hydrogens (tertiary/aromatic N) is 1. The van der Waals surface area contributed by atoms with E-state index < -0.39 is 8.96 Å². The van der Waals surface area contributed by atoms with E-state index >= 15 is 0 Å². The Kier molecular flexibility index (Phi) is 21.9. The van der Waals surface area contributed by atoms with Gasteiger partial charge >= 0.3 is 0 Å². The third kappa shape index (κ3) is 16.1. The Morgan fingerprint density at radius 2 is 1.38 bits per heavy atom. The molecule has 0 aromatic carbocycles. The molecule has 0 aliphatic heterocycles. The lowest BCUT2D eigenvalue weighted by atomic mass is 10.4. The van der Waals surface area contributed by atoms with Crippen LogP contribution in [0.4, 0.5) is 0 Å². The van der Waals surface area contributed by atoms with Crippen molar-refractivity contribution in [1.82, 2.24) is 9.88 Å². The molecule has 2 nitrogen and oxygen atoms in total. The largest absolute Gasteiger partial charge is 0.323 e. The van der Waals surface area contributed by atoms with Crippen molar-refractivity contribution in [3.05, 3.63) is 12.3 Å². The molecular weight excluding hydrogens is 272 g/mol. The molecule has 0 spiro atoms. The second-order valence-electron chi connectivity index (χ2n) is 5.73. The van der Waals surface area contributed by atoms with Crippen molar-refractivity contribution < 1.29 is 0 Å². The Hall–Kier alpha value is -0.123. The first-order valence-electron chi connectivity index (χ1n) is 9.28. The number of rotatable bonds is 13. The molecule has 0 amide bonds. The van der Waals surface area contributed by atoms with E-state index in [-0.39, 0.29) is 0 Å². The van der Waals surface area contributed by atoms with E-state index in [0.29, 0.717) is 0 Å². The van der Waals surface area contributed by atoms with Crippen LogP contribution in [0.5, 0.6) is 0 Å². The van der Waals surface area contributed by atoms with Crippen molar-refractivity contribution in [3.8, 4) is 0 Å². The average Bonchev–Trinajstić information content (AvgIpc) is 2.49. The fraction of sp³-hybridized carbons (Fsp3) is 0.889. The molecule has 0 aliphatic rings. The molecular formula is C18H42N2Si. The Morgan fingerprint density at radius 1 is 0.857 bits per heavy atom. The minimum Gasteiger partial charge on any atom is -0.323 e. The van der Waals surface area contributed by atoms with Gasteiger partial charge < -0.3 is 9.88 Å². The summed E-state index contributed by atoms with van der Waals surface area (Å²) < 4.78 is 2.71. The van der Waals surface area contributed by atoms with Gasteiger partial charge in [-0.2, -0.15) is 0 Å². The van der Waals surface area contributed by atoms with Crippen LogP contribution in [0.25, 0.3) is 0 Å². The molecule has 0 saturated carbocycles. The summed E-state index contributed by atoms with van der Waals surface area (Å²) in [5.41, 5.74) is 2.26. The standard InChI is InChI=1S/C12H27NSi.C6H15N/c1-5-9-12-14(8-4)13(10-6-2)11-7-3;1-3-5-7-6-4-2/h8,14H,4-7,9-12H2,1-3H3;7H,3-6H2,1-2H3. The van der Waals surface area contributed by atoms with Crippen molar-refractivity contribution in [1.29, 1.82) is 0 Å². The number of hydrogen-bond donors (Lipinski definition) is 1. The molecule has 21 heavy (non-hydrogen) atoms. The van der Waals surface area contributed by atoms with E-state index in [0.717, 1.165) is 0 Å². The van der Waals surface area contributed by atoms with Gasteiger partial charge in [-0.1, -0.05) is 53.2 Å². The second-order valence-corrected chi connectivity index (χ2v) is 8.64. The number of unbranched alkanes of at least 4 members (excludes halogenated alkanes) is 1. The minimum atomic E-state index is -0.784. The molecule has 0 bridgehead atoms. The highest BCUT2D eigenvalue weighted by molar-refractivity contribution is 6.61. The van der Waals surface area contributed by atoms with Crippen LogP contribution in [0.15, 0.2) is 12.3 Å². The Bertz CT molecular complexity index is 188. The average molecular weight is 315 g/mol. The topological polar surface area (TPSA) is 15.3 Å². The van der Waals surface area contributed by atoms with Gasteiger partial charge in [-0.25, -0.2) is 0 Å². The summed E-state index contributed by atoms with van der Waals surface area (Å²) in [6.07, 6.45) is 7.77. The minimum absolute atomic E-state index is 0.784. The lowest BCUT2D eigenvalue weighted by molar-refractivity contribution is 0.430. The maximum absolute atomic E-state index is 4.02. The summed E-state index contributed by atoms with van der Waals surface area (Å²) in [7, 11) is -0.784. The zero-order valence-corrected chi connectivity index (χ0v) is 16.7. The summed E-state index contributed by atoms with van der Waals surface area (Å²) in [5, 5.41) is 3.28. The van der Waals surface area contributed by atoms with E-state index in [1.165, 1.54) is 70.7 Å². The highest BCUT2D eigenvalue weighted by atomic mass is 28.3. The Balaban J connectivity index is 0. The van der Waals surface area contributed by atoms with Gasteiger partial charge in [0.25, 0.3) is 0 Å². The van der Waals surface area contributed by atoms with E-state index in [2.05, 4.69) is 56.8 Å². The molecule has 1 atom stereocenters. The van der Waals surface area contributed by atoms with E-state index in [4.69, 9.17) is 0 Å². The molecule has 0 rings (SSSR count). The van der Waals surface area contributed by atoms with Crippen LogP contribution < -0.4 is 5.32 Å². The van der Waals surface area contributed by atoms with Gasteiger partial charge in [-0.05, 0) is 57.9 Å². The fourth-order valence-electron chi connectivity index (χ4n) is 2.36. The van der Waals surface area contributed by atoms with Crippen molar-refractivity contribution in [2.45, 2.75) is 79.2 Å². The van der Waals surface area contributed by atoms with Crippen LogP contribution in [0, 0.1) is 0 Å². The normalized spacial score (nSPS) is 11.9. The van der Waals surface area contributed by atoms with Crippen molar-refractivity contribution in [2.75, 3.05) is 26.2 Å². The molecule has 0 radical (unpaired) electrons. The van der Waals surface area contributed by atoms with Crippen LogP contribution in [-0.4, -0.2) is 39.7 Å². The van der Waals surface area contributed by atoms with Gasteiger partial charge in [0.15, 0.2) is 0 Å². The zero-order valence-electron chi connectivity index (χ0n) is 15.6. The van der Waals surface area contributed by atoms with Crippen molar-refractivity contribution in [3.63, 3.8) is 0 Å². The molecule has 0 saturated heterocycles. The summed E-state index contributed by atoms with van der Waals surface area (Å²) in [6.45, 7) is 20.1. The molecule has 0 aromatic heterocycles. The van der Waals surface area contributed by atoms with Gasteiger partial charge in [-0.15, -0.1) is 6.58 Å². The summed E-state index contributed by atoms with van der Waals surface area (Å²) in [5.74, 6) is 0. The zero-order chi connectivity index (χ0) is 16.3. The Morgan fingerprint density at radius 3 is 1.71 bits per heavy atom. The Labute approximate surface area is 137 Å². The molecule has 128 valence electrons. The van der Waals surface area contributed by atoms with Gasteiger partial charge in [0.2, 0.25) is 0 Å². The lowest BCUT2D eigenvalue weighted by Crippen LogP contribution is -2.39. The summed E-state index contributed by atoms with van der Waals surface area (Å²) >= 11 is 0.